The van der Waals surface area contributed by atoms with E-state index in [1.807, 2.05) is 0 Å². The Labute approximate surface area is 66.1 Å². The number of carboxylic acids is 1. The predicted molar refractivity (Wildman–Crippen MR) is 42.4 cm³/mol. The van der Waals surface area contributed by atoms with Crippen molar-refractivity contribution in [2.75, 3.05) is 13.1 Å². The highest BCUT2D eigenvalue weighted by Gasteiger charge is 2.49. The van der Waals surface area contributed by atoms with Gasteiger partial charge in [-0.1, -0.05) is 6.08 Å². The van der Waals surface area contributed by atoms with Crippen molar-refractivity contribution in [2.24, 2.45) is 5.41 Å². The molecule has 62 valence electrons. The van der Waals surface area contributed by atoms with Crippen LogP contribution in [0.1, 0.15) is 12.8 Å². The lowest BCUT2D eigenvalue weighted by molar-refractivity contribution is -0.143. The van der Waals surface area contributed by atoms with Gasteiger partial charge in [-0.25, -0.2) is 0 Å². The molecule has 1 aliphatic rings. The second-order valence-corrected chi connectivity index (χ2v) is 3.01. The summed E-state index contributed by atoms with van der Waals surface area (Å²) in [4.78, 5) is 10.6. The molecule has 0 spiro atoms. The van der Waals surface area contributed by atoms with E-state index < -0.39 is 11.4 Å². The van der Waals surface area contributed by atoms with Gasteiger partial charge in [-0.15, -0.1) is 6.58 Å². The summed E-state index contributed by atoms with van der Waals surface area (Å²) in [6.07, 6.45) is 3.36. The van der Waals surface area contributed by atoms with Crippen LogP contribution in [-0.4, -0.2) is 24.2 Å². The van der Waals surface area contributed by atoms with Gasteiger partial charge in [0.2, 0.25) is 0 Å². The molecule has 0 radical (unpaired) electrons. The van der Waals surface area contributed by atoms with E-state index in [1.165, 1.54) is 0 Å². The first kappa shape index (κ1) is 8.27. The van der Waals surface area contributed by atoms with Crippen LogP contribution in [0, 0.1) is 5.41 Å². The minimum absolute atomic E-state index is 0.441. The molecule has 0 aromatic rings. The maximum absolute atomic E-state index is 10.6. The third kappa shape index (κ3) is 1.80. The van der Waals surface area contributed by atoms with Crippen LogP contribution >= 0.6 is 0 Å². The summed E-state index contributed by atoms with van der Waals surface area (Å²) in [7, 11) is 0. The molecule has 0 bridgehead atoms. The van der Waals surface area contributed by atoms with Gasteiger partial charge in [0, 0.05) is 13.1 Å². The summed E-state index contributed by atoms with van der Waals surface area (Å²) < 4.78 is 0. The first-order valence-electron chi connectivity index (χ1n) is 3.76. The number of rotatable bonds is 5. The molecule has 1 rings (SSSR count). The Bertz CT molecular complexity index is 173. The number of aliphatic carboxylic acids is 1. The van der Waals surface area contributed by atoms with E-state index in [1.54, 1.807) is 6.08 Å². The van der Waals surface area contributed by atoms with Gasteiger partial charge in [0.05, 0.1) is 5.41 Å². The largest absolute Gasteiger partial charge is 0.481 e. The molecule has 0 atom stereocenters. The molecule has 3 heteroatoms. The van der Waals surface area contributed by atoms with Crippen molar-refractivity contribution in [3.05, 3.63) is 12.7 Å². The van der Waals surface area contributed by atoms with E-state index in [2.05, 4.69) is 11.9 Å². The second kappa shape index (κ2) is 3.05. The van der Waals surface area contributed by atoms with Crippen molar-refractivity contribution >= 4 is 5.97 Å². The Morgan fingerprint density at radius 3 is 2.73 bits per heavy atom. The lowest BCUT2D eigenvalue weighted by Crippen LogP contribution is -2.29. The zero-order valence-corrected chi connectivity index (χ0v) is 6.47. The van der Waals surface area contributed by atoms with Crippen molar-refractivity contribution in [1.82, 2.24) is 5.32 Å². The van der Waals surface area contributed by atoms with Gasteiger partial charge in [0.15, 0.2) is 0 Å². The van der Waals surface area contributed by atoms with Crippen LogP contribution in [0.25, 0.3) is 0 Å². The molecular formula is C8H13NO2. The number of hydrogen-bond donors (Lipinski definition) is 2. The van der Waals surface area contributed by atoms with E-state index in [4.69, 9.17) is 5.11 Å². The van der Waals surface area contributed by atoms with E-state index in [0.29, 0.717) is 13.1 Å². The Balaban J connectivity index is 2.25. The first-order valence-corrected chi connectivity index (χ1v) is 3.76. The molecule has 0 saturated heterocycles. The molecule has 0 amide bonds. The molecule has 11 heavy (non-hydrogen) atoms. The number of carbonyl (C=O) groups is 1. The molecule has 3 nitrogen and oxygen atoms in total. The van der Waals surface area contributed by atoms with E-state index in [9.17, 15) is 4.79 Å². The van der Waals surface area contributed by atoms with Gasteiger partial charge >= 0.3 is 5.97 Å². The van der Waals surface area contributed by atoms with Crippen LogP contribution in [0.5, 0.6) is 0 Å². The first-order chi connectivity index (χ1) is 5.21. The van der Waals surface area contributed by atoms with E-state index >= 15 is 0 Å². The average molecular weight is 155 g/mol. The van der Waals surface area contributed by atoms with Gasteiger partial charge in [-0.05, 0) is 12.8 Å². The van der Waals surface area contributed by atoms with Crippen LogP contribution in [0.4, 0.5) is 0 Å². The third-order valence-corrected chi connectivity index (χ3v) is 2.06. The van der Waals surface area contributed by atoms with Crippen molar-refractivity contribution in [3.8, 4) is 0 Å². The van der Waals surface area contributed by atoms with E-state index in [-0.39, 0.29) is 0 Å². The van der Waals surface area contributed by atoms with Crippen molar-refractivity contribution < 1.29 is 9.90 Å². The molecule has 1 fully saturated rings. The average Bonchev–Trinajstić information content (AvgIpc) is 2.70. The van der Waals surface area contributed by atoms with Gasteiger partial charge in [0.25, 0.3) is 0 Å². The molecule has 0 heterocycles. The van der Waals surface area contributed by atoms with Crippen LogP contribution in [0.2, 0.25) is 0 Å². The molecule has 0 aromatic carbocycles. The quantitative estimate of drug-likeness (QED) is 0.452. The zero-order chi connectivity index (χ0) is 8.32. The highest BCUT2D eigenvalue weighted by molar-refractivity contribution is 5.78. The zero-order valence-electron chi connectivity index (χ0n) is 6.47. The third-order valence-electron chi connectivity index (χ3n) is 2.06. The second-order valence-electron chi connectivity index (χ2n) is 3.01. The normalized spacial score (nSPS) is 19.3. The fourth-order valence-electron chi connectivity index (χ4n) is 1.03. The van der Waals surface area contributed by atoms with Gasteiger partial charge < -0.3 is 10.4 Å². The molecule has 1 saturated carbocycles. The Morgan fingerprint density at radius 1 is 1.73 bits per heavy atom. The minimum atomic E-state index is -0.672. The summed E-state index contributed by atoms with van der Waals surface area (Å²) in [6, 6.07) is 0. The lowest BCUT2D eigenvalue weighted by atomic mass is 10.1. The fraction of sp³-hybridized carbons (Fsp3) is 0.625. The standard InChI is InChI=1S/C8H13NO2/c1-2-5-9-6-8(3-4-8)7(10)11/h2,9H,1,3-6H2,(H,10,11). The summed E-state index contributed by atoms with van der Waals surface area (Å²) in [5.74, 6) is -0.672. The predicted octanol–water partition coefficient (Wildman–Crippen LogP) is 0.627. The van der Waals surface area contributed by atoms with Crippen LogP contribution in [0.15, 0.2) is 12.7 Å². The van der Waals surface area contributed by atoms with Gasteiger partial charge in [-0.2, -0.15) is 0 Å². The Kier molecular flexibility index (Phi) is 2.29. The van der Waals surface area contributed by atoms with Crippen LogP contribution in [-0.2, 0) is 4.79 Å². The molecule has 1 aliphatic carbocycles. The Morgan fingerprint density at radius 2 is 2.36 bits per heavy atom. The number of nitrogens with one attached hydrogen (secondary N) is 1. The van der Waals surface area contributed by atoms with Gasteiger partial charge in [-0.3, -0.25) is 4.79 Å². The molecule has 0 unspecified atom stereocenters. The monoisotopic (exact) mass is 155 g/mol. The highest BCUT2D eigenvalue weighted by atomic mass is 16.4. The summed E-state index contributed by atoms with van der Waals surface area (Å²) in [6.45, 7) is 4.80. The van der Waals surface area contributed by atoms with Gasteiger partial charge in [0.1, 0.15) is 0 Å². The molecule has 0 aromatic heterocycles. The summed E-state index contributed by atoms with van der Waals surface area (Å²) in [5, 5.41) is 11.8. The Hall–Kier alpha value is -0.830. The molecule has 0 aliphatic heterocycles. The maximum Gasteiger partial charge on any atom is 0.310 e. The number of carboxylic acid groups (broad SMARTS) is 1. The summed E-state index contributed by atoms with van der Waals surface area (Å²) in [5.41, 5.74) is -0.441. The topological polar surface area (TPSA) is 49.3 Å². The molecular weight excluding hydrogens is 142 g/mol. The maximum atomic E-state index is 10.6. The smallest absolute Gasteiger partial charge is 0.310 e. The molecule has 2 N–H and O–H groups in total. The van der Waals surface area contributed by atoms with Crippen molar-refractivity contribution in [3.63, 3.8) is 0 Å². The minimum Gasteiger partial charge on any atom is -0.481 e. The highest BCUT2D eigenvalue weighted by Crippen LogP contribution is 2.45. The van der Waals surface area contributed by atoms with Crippen molar-refractivity contribution in [2.45, 2.75) is 12.8 Å². The van der Waals surface area contributed by atoms with Crippen molar-refractivity contribution in [1.29, 1.82) is 0 Å². The van der Waals surface area contributed by atoms with Crippen LogP contribution < -0.4 is 5.32 Å². The summed E-state index contributed by atoms with van der Waals surface area (Å²) >= 11 is 0. The SMILES string of the molecule is C=CCNCC1(C(=O)O)CC1. The van der Waals surface area contributed by atoms with E-state index in [0.717, 1.165) is 12.8 Å². The fourth-order valence-corrected chi connectivity index (χ4v) is 1.03. The van der Waals surface area contributed by atoms with Crippen LogP contribution in [0.3, 0.4) is 0 Å². The number of hydrogen-bond acceptors (Lipinski definition) is 2. The lowest BCUT2D eigenvalue weighted by Gasteiger charge is -2.08.